The summed E-state index contributed by atoms with van der Waals surface area (Å²) in [7, 11) is 0. The lowest BCUT2D eigenvalue weighted by Crippen LogP contribution is -2.58. The molecular formula is C17H24F2N2O3. The lowest BCUT2D eigenvalue weighted by molar-refractivity contribution is -0.118. The molecule has 134 valence electrons. The Bertz CT molecular complexity index is 537. The number of aliphatic hydroxyl groups is 3. The zero-order valence-corrected chi connectivity index (χ0v) is 13.5. The number of aliphatic hydroxyl groups excluding tert-OH is 3. The van der Waals surface area contributed by atoms with Crippen molar-refractivity contribution in [2.45, 2.75) is 36.8 Å². The number of hydrogen-bond donors (Lipinski definition) is 3. The number of nitrogens with zero attached hydrogens (tertiary/aromatic N) is 2. The maximum absolute atomic E-state index is 15.1. The van der Waals surface area contributed by atoms with Crippen molar-refractivity contribution in [3.8, 4) is 0 Å². The van der Waals surface area contributed by atoms with Gasteiger partial charge in [-0.25, -0.2) is 8.78 Å². The third kappa shape index (κ3) is 3.85. The smallest absolute Gasteiger partial charge is 0.127 e. The van der Waals surface area contributed by atoms with Crippen molar-refractivity contribution in [3.05, 3.63) is 30.1 Å². The molecule has 24 heavy (non-hydrogen) atoms. The zero-order chi connectivity index (χ0) is 17.3. The molecule has 0 amide bonds. The minimum atomic E-state index is -1.39. The van der Waals surface area contributed by atoms with E-state index >= 15 is 4.39 Å². The van der Waals surface area contributed by atoms with E-state index in [2.05, 4.69) is 0 Å². The molecule has 0 radical (unpaired) electrons. The van der Waals surface area contributed by atoms with E-state index in [9.17, 15) is 19.7 Å². The van der Waals surface area contributed by atoms with Crippen LogP contribution in [0.3, 0.4) is 0 Å². The molecule has 7 heteroatoms. The van der Waals surface area contributed by atoms with Gasteiger partial charge in [-0.1, -0.05) is 0 Å². The molecule has 1 aromatic rings. The summed E-state index contributed by atoms with van der Waals surface area (Å²) in [6.45, 7) is 1.51. The summed E-state index contributed by atoms with van der Waals surface area (Å²) < 4.78 is 28.1. The van der Waals surface area contributed by atoms with Crippen molar-refractivity contribution in [1.29, 1.82) is 0 Å². The van der Waals surface area contributed by atoms with Gasteiger partial charge in [0.05, 0.1) is 12.2 Å². The van der Waals surface area contributed by atoms with Crippen LogP contribution in [0.25, 0.3) is 0 Å². The van der Waals surface area contributed by atoms with Crippen LogP contribution in [0, 0.1) is 5.82 Å². The predicted octanol–water partition coefficient (Wildman–Crippen LogP) is 0.532. The molecule has 2 fully saturated rings. The average Bonchev–Trinajstić information content (AvgIpc) is 2.54. The first-order chi connectivity index (χ1) is 11.4. The van der Waals surface area contributed by atoms with Crippen LogP contribution >= 0.6 is 0 Å². The third-order valence-electron chi connectivity index (χ3n) is 5.04. The van der Waals surface area contributed by atoms with E-state index in [0.717, 1.165) is 5.69 Å². The van der Waals surface area contributed by atoms with E-state index in [1.165, 1.54) is 12.1 Å². The first kappa shape index (κ1) is 17.5. The standard InChI is InChI=1S/C17H24F2N2O3/c18-12-1-3-13(4-2-12)21-7-5-17(19,6-8-21)11-20-9-14(22)16(24)15(23)10-20/h1-4,14-16,22-24H,5-11H2/t14-,15+,16?. The topological polar surface area (TPSA) is 67.2 Å². The van der Waals surface area contributed by atoms with Crippen LogP contribution in [0.4, 0.5) is 14.5 Å². The summed E-state index contributed by atoms with van der Waals surface area (Å²) >= 11 is 0. The highest BCUT2D eigenvalue weighted by atomic mass is 19.1. The van der Waals surface area contributed by atoms with Gasteiger partial charge in [-0.15, -0.1) is 0 Å². The van der Waals surface area contributed by atoms with Crippen molar-refractivity contribution in [1.82, 2.24) is 4.90 Å². The van der Waals surface area contributed by atoms with Gasteiger partial charge in [-0.3, -0.25) is 4.90 Å². The van der Waals surface area contributed by atoms with Gasteiger partial charge in [0.2, 0.25) is 0 Å². The molecule has 2 saturated heterocycles. The first-order valence-corrected chi connectivity index (χ1v) is 8.32. The van der Waals surface area contributed by atoms with Gasteiger partial charge >= 0.3 is 0 Å². The fraction of sp³-hybridized carbons (Fsp3) is 0.647. The van der Waals surface area contributed by atoms with Crippen molar-refractivity contribution in [3.63, 3.8) is 0 Å². The number of benzene rings is 1. The summed E-state index contributed by atoms with van der Waals surface area (Å²) in [5.41, 5.74) is -0.511. The number of likely N-dealkylation sites (tertiary alicyclic amines) is 1. The van der Waals surface area contributed by atoms with Gasteiger partial charge < -0.3 is 20.2 Å². The predicted molar refractivity (Wildman–Crippen MR) is 86.1 cm³/mol. The quantitative estimate of drug-likeness (QED) is 0.748. The number of β-amino-alcohol motifs (C(OH)–C–C–N with tert-alkyl or cyclic N) is 2. The Morgan fingerprint density at radius 1 is 1.00 bits per heavy atom. The van der Waals surface area contributed by atoms with Crippen LogP contribution in [0.1, 0.15) is 12.8 Å². The molecule has 1 unspecified atom stereocenters. The van der Waals surface area contributed by atoms with E-state index < -0.39 is 24.0 Å². The Balaban J connectivity index is 1.56. The Hall–Kier alpha value is -1.28. The molecule has 0 aromatic heterocycles. The van der Waals surface area contributed by atoms with Gasteiger partial charge in [0.15, 0.2) is 0 Å². The number of alkyl halides is 1. The fourth-order valence-electron chi connectivity index (χ4n) is 3.58. The highest BCUT2D eigenvalue weighted by Crippen LogP contribution is 2.31. The second-order valence-corrected chi connectivity index (χ2v) is 6.93. The van der Waals surface area contributed by atoms with Gasteiger partial charge in [-0.05, 0) is 24.3 Å². The van der Waals surface area contributed by atoms with E-state index in [-0.39, 0.29) is 25.5 Å². The summed E-state index contributed by atoms with van der Waals surface area (Å²) in [4.78, 5) is 3.70. The van der Waals surface area contributed by atoms with Gasteiger partial charge in [0, 0.05) is 51.3 Å². The molecule has 2 aliphatic rings. The van der Waals surface area contributed by atoms with Crippen LogP contribution in [0.15, 0.2) is 24.3 Å². The monoisotopic (exact) mass is 342 g/mol. The molecule has 3 atom stereocenters. The molecule has 3 rings (SSSR count). The maximum atomic E-state index is 15.1. The van der Waals surface area contributed by atoms with Gasteiger partial charge in [-0.2, -0.15) is 0 Å². The molecule has 0 bridgehead atoms. The first-order valence-electron chi connectivity index (χ1n) is 8.32. The van der Waals surface area contributed by atoms with Crippen LogP contribution in [-0.2, 0) is 0 Å². The lowest BCUT2D eigenvalue weighted by Gasteiger charge is -2.43. The number of rotatable bonds is 3. The minimum absolute atomic E-state index is 0.130. The summed E-state index contributed by atoms with van der Waals surface area (Å²) in [6, 6.07) is 6.18. The molecule has 3 N–H and O–H groups in total. The number of piperidine rings is 2. The molecular weight excluding hydrogens is 318 g/mol. The molecule has 0 aliphatic carbocycles. The van der Waals surface area contributed by atoms with Crippen LogP contribution in [0.2, 0.25) is 0 Å². The molecule has 5 nitrogen and oxygen atoms in total. The largest absolute Gasteiger partial charge is 0.389 e. The summed E-state index contributed by atoms with van der Waals surface area (Å²) in [5, 5.41) is 29.0. The highest BCUT2D eigenvalue weighted by Gasteiger charge is 2.40. The van der Waals surface area contributed by atoms with E-state index in [1.54, 1.807) is 17.0 Å². The van der Waals surface area contributed by atoms with Crippen molar-refractivity contribution in [2.24, 2.45) is 0 Å². The van der Waals surface area contributed by atoms with E-state index in [0.29, 0.717) is 25.9 Å². The Morgan fingerprint density at radius 2 is 1.54 bits per heavy atom. The third-order valence-corrected chi connectivity index (χ3v) is 5.04. The fourth-order valence-corrected chi connectivity index (χ4v) is 3.58. The minimum Gasteiger partial charge on any atom is -0.389 e. The molecule has 2 aliphatic heterocycles. The average molecular weight is 342 g/mol. The molecule has 2 heterocycles. The SMILES string of the molecule is OC1[C@H](O)CN(CC2(F)CCN(c3ccc(F)cc3)CC2)C[C@@H]1O. The summed E-state index contributed by atoms with van der Waals surface area (Å²) in [5.74, 6) is -0.292. The van der Waals surface area contributed by atoms with Crippen LogP contribution < -0.4 is 4.90 Å². The van der Waals surface area contributed by atoms with Crippen molar-refractivity contribution < 1.29 is 24.1 Å². The maximum Gasteiger partial charge on any atom is 0.127 e. The second kappa shape index (κ2) is 6.92. The number of halogens is 2. The molecule has 1 aromatic carbocycles. The number of anilines is 1. The Labute approximate surface area is 140 Å². The van der Waals surface area contributed by atoms with Gasteiger partial charge in [0.25, 0.3) is 0 Å². The zero-order valence-electron chi connectivity index (χ0n) is 13.5. The Morgan fingerprint density at radius 3 is 2.08 bits per heavy atom. The molecule has 0 saturated carbocycles. The lowest BCUT2D eigenvalue weighted by atomic mass is 9.91. The number of hydrogen-bond acceptors (Lipinski definition) is 5. The van der Waals surface area contributed by atoms with E-state index in [4.69, 9.17) is 0 Å². The second-order valence-electron chi connectivity index (χ2n) is 6.93. The Kier molecular flexibility index (Phi) is 5.05. The van der Waals surface area contributed by atoms with Crippen LogP contribution in [0.5, 0.6) is 0 Å². The summed E-state index contributed by atoms with van der Waals surface area (Å²) in [6.07, 6.45) is -2.63. The normalized spacial score (nSPS) is 31.2. The van der Waals surface area contributed by atoms with Crippen LogP contribution in [-0.4, -0.2) is 76.9 Å². The highest BCUT2D eigenvalue weighted by molar-refractivity contribution is 5.46. The van der Waals surface area contributed by atoms with Crippen molar-refractivity contribution in [2.75, 3.05) is 37.6 Å². The van der Waals surface area contributed by atoms with E-state index in [1.807, 2.05) is 4.90 Å². The van der Waals surface area contributed by atoms with Gasteiger partial charge in [0.1, 0.15) is 17.6 Å². The molecule has 0 spiro atoms. The van der Waals surface area contributed by atoms with Crippen molar-refractivity contribution >= 4 is 5.69 Å².